The molecule has 21 heavy (non-hydrogen) atoms. The van der Waals surface area contributed by atoms with Crippen molar-refractivity contribution in [2.75, 3.05) is 12.4 Å². The van der Waals surface area contributed by atoms with Gasteiger partial charge in [-0.3, -0.25) is 0 Å². The summed E-state index contributed by atoms with van der Waals surface area (Å²) >= 11 is 0. The number of hydrogen-bond donors (Lipinski definition) is 2. The molecule has 2 rings (SSSR count). The van der Waals surface area contributed by atoms with E-state index in [-0.39, 0.29) is 0 Å². The SMILES string of the molecule is COc1ccc(Cn2nccc2NC(C)=CC(=O)O)cc1. The summed E-state index contributed by atoms with van der Waals surface area (Å²) in [7, 11) is 1.63. The number of hydrogen-bond acceptors (Lipinski definition) is 4. The molecule has 0 aliphatic heterocycles. The predicted octanol–water partition coefficient (Wildman–Crippen LogP) is 2.34. The minimum absolute atomic E-state index is 0.541. The van der Waals surface area contributed by atoms with E-state index in [1.54, 1.807) is 31.0 Å². The fourth-order valence-electron chi connectivity index (χ4n) is 1.89. The summed E-state index contributed by atoms with van der Waals surface area (Å²) in [5.41, 5.74) is 1.61. The van der Waals surface area contributed by atoms with Gasteiger partial charge in [0.15, 0.2) is 0 Å². The summed E-state index contributed by atoms with van der Waals surface area (Å²) in [4.78, 5) is 10.6. The van der Waals surface area contributed by atoms with Crippen LogP contribution in [0.25, 0.3) is 0 Å². The van der Waals surface area contributed by atoms with Crippen LogP contribution < -0.4 is 10.1 Å². The number of aliphatic carboxylic acids is 1. The zero-order valence-corrected chi connectivity index (χ0v) is 11.9. The van der Waals surface area contributed by atoms with Crippen molar-refractivity contribution in [3.63, 3.8) is 0 Å². The number of anilines is 1. The molecule has 1 aromatic heterocycles. The van der Waals surface area contributed by atoms with E-state index >= 15 is 0 Å². The lowest BCUT2D eigenvalue weighted by Gasteiger charge is -2.10. The Balaban J connectivity index is 2.11. The van der Waals surface area contributed by atoms with Gasteiger partial charge in [-0.05, 0) is 24.6 Å². The molecule has 0 saturated heterocycles. The standard InChI is InChI=1S/C15H17N3O3/c1-11(9-15(19)20)17-14-7-8-16-18(14)10-12-3-5-13(21-2)6-4-12/h3-9,17H,10H2,1-2H3,(H,19,20). The van der Waals surface area contributed by atoms with Crippen LogP contribution in [0.2, 0.25) is 0 Å². The van der Waals surface area contributed by atoms with Crippen molar-refractivity contribution in [3.8, 4) is 5.75 Å². The van der Waals surface area contributed by atoms with Gasteiger partial charge in [-0.1, -0.05) is 12.1 Å². The lowest BCUT2D eigenvalue weighted by Crippen LogP contribution is -2.08. The molecular formula is C15H17N3O3. The smallest absolute Gasteiger partial charge is 0.330 e. The predicted molar refractivity (Wildman–Crippen MR) is 79.3 cm³/mol. The average Bonchev–Trinajstić information content (AvgIpc) is 2.86. The summed E-state index contributed by atoms with van der Waals surface area (Å²) in [5, 5.41) is 16.0. The molecule has 0 spiro atoms. The van der Waals surface area contributed by atoms with E-state index in [2.05, 4.69) is 10.4 Å². The Kier molecular flexibility index (Phi) is 4.61. The molecule has 0 atom stereocenters. The van der Waals surface area contributed by atoms with Crippen LogP contribution in [0.1, 0.15) is 12.5 Å². The lowest BCUT2D eigenvalue weighted by atomic mass is 10.2. The molecule has 0 aliphatic rings. The van der Waals surface area contributed by atoms with Gasteiger partial charge in [0.2, 0.25) is 0 Å². The Labute approximate surface area is 122 Å². The van der Waals surface area contributed by atoms with Crippen LogP contribution in [0.4, 0.5) is 5.82 Å². The van der Waals surface area contributed by atoms with Gasteiger partial charge < -0.3 is 15.2 Å². The molecule has 0 radical (unpaired) electrons. The topological polar surface area (TPSA) is 76.4 Å². The number of aromatic nitrogens is 2. The zero-order chi connectivity index (χ0) is 15.2. The maximum atomic E-state index is 10.6. The van der Waals surface area contributed by atoms with Crippen molar-refractivity contribution in [2.45, 2.75) is 13.5 Å². The normalized spacial score (nSPS) is 11.2. The number of carboxylic acid groups (broad SMARTS) is 1. The van der Waals surface area contributed by atoms with Crippen molar-refractivity contribution in [1.82, 2.24) is 9.78 Å². The van der Waals surface area contributed by atoms with E-state index in [9.17, 15) is 4.79 Å². The van der Waals surface area contributed by atoms with Gasteiger partial charge >= 0.3 is 5.97 Å². The highest BCUT2D eigenvalue weighted by molar-refractivity contribution is 5.81. The van der Waals surface area contributed by atoms with E-state index < -0.39 is 5.97 Å². The molecule has 0 saturated carbocycles. The van der Waals surface area contributed by atoms with Crippen molar-refractivity contribution in [1.29, 1.82) is 0 Å². The van der Waals surface area contributed by atoms with Gasteiger partial charge in [0.05, 0.1) is 19.9 Å². The molecule has 0 aliphatic carbocycles. The summed E-state index contributed by atoms with van der Waals surface area (Å²) in [6.07, 6.45) is 2.78. The molecule has 0 unspecified atom stereocenters. The van der Waals surface area contributed by atoms with Gasteiger partial charge in [0.25, 0.3) is 0 Å². The van der Waals surface area contributed by atoms with Crippen molar-refractivity contribution < 1.29 is 14.6 Å². The molecule has 6 nitrogen and oxygen atoms in total. The first kappa shape index (κ1) is 14.6. The molecule has 6 heteroatoms. The number of methoxy groups -OCH3 is 1. The third kappa shape index (κ3) is 4.10. The van der Waals surface area contributed by atoms with Crippen LogP contribution in [-0.4, -0.2) is 28.0 Å². The van der Waals surface area contributed by atoms with E-state index in [0.29, 0.717) is 12.2 Å². The maximum Gasteiger partial charge on any atom is 0.330 e. The highest BCUT2D eigenvalue weighted by Crippen LogP contribution is 2.15. The quantitative estimate of drug-likeness (QED) is 0.797. The fourth-order valence-corrected chi connectivity index (χ4v) is 1.89. The molecule has 0 amide bonds. The number of allylic oxidation sites excluding steroid dienone is 1. The van der Waals surface area contributed by atoms with Crippen LogP contribution in [0.3, 0.4) is 0 Å². The van der Waals surface area contributed by atoms with Gasteiger partial charge in [0.1, 0.15) is 11.6 Å². The Bertz CT molecular complexity index is 644. The molecule has 0 fully saturated rings. The third-order valence-electron chi connectivity index (χ3n) is 2.87. The highest BCUT2D eigenvalue weighted by Gasteiger charge is 2.04. The van der Waals surface area contributed by atoms with Crippen molar-refractivity contribution >= 4 is 11.8 Å². The van der Waals surface area contributed by atoms with Crippen LogP contribution in [0.15, 0.2) is 48.3 Å². The molecule has 110 valence electrons. The number of nitrogens with one attached hydrogen (secondary N) is 1. The Morgan fingerprint density at radius 3 is 2.71 bits per heavy atom. The van der Waals surface area contributed by atoms with Gasteiger partial charge in [-0.15, -0.1) is 0 Å². The third-order valence-corrected chi connectivity index (χ3v) is 2.87. The molecule has 1 heterocycles. The Hall–Kier alpha value is -2.76. The Morgan fingerprint density at radius 2 is 2.10 bits per heavy atom. The first-order valence-corrected chi connectivity index (χ1v) is 6.41. The Morgan fingerprint density at radius 1 is 1.38 bits per heavy atom. The first-order valence-electron chi connectivity index (χ1n) is 6.41. The number of nitrogens with zero attached hydrogens (tertiary/aromatic N) is 2. The molecule has 2 aromatic rings. The average molecular weight is 287 g/mol. The maximum absolute atomic E-state index is 10.6. The second-order valence-corrected chi connectivity index (χ2v) is 4.51. The van der Waals surface area contributed by atoms with Crippen LogP contribution in [0, 0.1) is 0 Å². The number of ether oxygens (including phenoxy) is 1. The minimum Gasteiger partial charge on any atom is -0.497 e. The molecule has 0 bridgehead atoms. The number of carbonyl (C=O) groups is 1. The largest absolute Gasteiger partial charge is 0.497 e. The summed E-state index contributed by atoms with van der Waals surface area (Å²) < 4.78 is 6.88. The molecule has 1 aromatic carbocycles. The van der Waals surface area contributed by atoms with Crippen LogP contribution in [-0.2, 0) is 11.3 Å². The number of benzene rings is 1. The second kappa shape index (κ2) is 6.60. The fraction of sp³-hybridized carbons (Fsp3) is 0.200. The van der Waals surface area contributed by atoms with Crippen LogP contribution in [0.5, 0.6) is 5.75 Å². The second-order valence-electron chi connectivity index (χ2n) is 4.51. The zero-order valence-electron chi connectivity index (χ0n) is 11.9. The van der Waals surface area contributed by atoms with E-state index in [0.717, 1.165) is 23.2 Å². The minimum atomic E-state index is -0.985. The summed E-state index contributed by atoms with van der Waals surface area (Å²) in [6.45, 7) is 2.28. The lowest BCUT2D eigenvalue weighted by molar-refractivity contribution is -0.131. The van der Waals surface area contributed by atoms with Gasteiger partial charge in [0, 0.05) is 17.8 Å². The van der Waals surface area contributed by atoms with Gasteiger partial charge in [-0.2, -0.15) is 5.10 Å². The number of rotatable bonds is 6. The molecule has 2 N–H and O–H groups in total. The summed E-state index contributed by atoms with van der Waals surface area (Å²) in [5.74, 6) is 0.555. The van der Waals surface area contributed by atoms with E-state index in [1.807, 2.05) is 24.3 Å². The highest BCUT2D eigenvalue weighted by atomic mass is 16.5. The first-order chi connectivity index (χ1) is 10.1. The summed E-state index contributed by atoms with van der Waals surface area (Å²) in [6, 6.07) is 9.50. The van der Waals surface area contributed by atoms with Crippen molar-refractivity contribution in [2.24, 2.45) is 0 Å². The monoisotopic (exact) mass is 287 g/mol. The van der Waals surface area contributed by atoms with Crippen LogP contribution >= 0.6 is 0 Å². The van der Waals surface area contributed by atoms with Crippen molar-refractivity contribution in [3.05, 3.63) is 53.9 Å². The van der Waals surface area contributed by atoms with Gasteiger partial charge in [-0.25, -0.2) is 9.48 Å². The molecular weight excluding hydrogens is 270 g/mol. The number of carboxylic acids is 1. The van der Waals surface area contributed by atoms with E-state index in [4.69, 9.17) is 9.84 Å². The van der Waals surface area contributed by atoms with E-state index in [1.165, 1.54) is 0 Å².